The number of hydrogen-bond donors (Lipinski definition) is 1. The predicted molar refractivity (Wildman–Crippen MR) is 73.3 cm³/mol. The lowest BCUT2D eigenvalue weighted by Gasteiger charge is -2.30. The summed E-state index contributed by atoms with van der Waals surface area (Å²) in [7, 11) is 0. The van der Waals surface area contributed by atoms with Crippen LogP contribution in [0.25, 0.3) is 0 Å². The molecule has 1 aliphatic rings. The second kappa shape index (κ2) is 6.32. The third kappa shape index (κ3) is 4.64. The number of nitrogens with two attached hydrogens (primary N) is 1. The van der Waals surface area contributed by atoms with Crippen LogP contribution in [-0.2, 0) is 6.54 Å². The highest BCUT2D eigenvalue weighted by Gasteiger charge is 2.32. The van der Waals surface area contributed by atoms with Crippen LogP contribution in [0.1, 0.15) is 18.4 Å². The standard InChI is InChI=1S/C13H16BrF3N2O/c14-11-6-9(3-4-12(11)20-13(15,16)17)7-19-5-1-2-10(18)8-19/h3-4,6,10H,1-2,5,7-8,18H2. The van der Waals surface area contributed by atoms with Gasteiger partial charge in [-0.25, -0.2) is 0 Å². The minimum absolute atomic E-state index is 0.181. The van der Waals surface area contributed by atoms with E-state index in [0.717, 1.165) is 31.5 Å². The van der Waals surface area contributed by atoms with Gasteiger partial charge >= 0.3 is 6.36 Å². The van der Waals surface area contributed by atoms with Gasteiger partial charge in [-0.05, 0) is 53.0 Å². The maximum absolute atomic E-state index is 12.2. The molecule has 0 saturated carbocycles. The summed E-state index contributed by atoms with van der Waals surface area (Å²) in [5, 5.41) is 0. The Labute approximate surface area is 124 Å². The molecule has 1 aromatic rings. The number of nitrogens with zero attached hydrogens (tertiary/aromatic N) is 1. The molecule has 1 aromatic carbocycles. The van der Waals surface area contributed by atoms with Crippen LogP contribution in [0.15, 0.2) is 22.7 Å². The quantitative estimate of drug-likeness (QED) is 0.907. The molecule has 1 fully saturated rings. The molecule has 20 heavy (non-hydrogen) atoms. The molecule has 1 heterocycles. The summed E-state index contributed by atoms with van der Waals surface area (Å²) in [6.45, 7) is 2.46. The van der Waals surface area contributed by atoms with Gasteiger partial charge in [-0.15, -0.1) is 13.2 Å². The lowest BCUT2D eigenvalue weighted by Crippen LogP contribution is -2.42. The Hall–Kier alpha value is -0.790. The van der Waals surface area contributed by atoms with Crippen LogP contribution >= 0.6 is 15.9 Å². The minimum atomic E-state index is -4.68. The Morgan fingerprint density at radius 3 is 2.75 bits per heavy atom. The maximum Gasteiger partial charge on any atom is 0.573 e. The first-order chi connectivity index (χ1) is 9.33. The van der Waals surface area contributed by atoms with Crippen molar-refractivity contribution in [2.75, 3.05) is 13.1 Å². The fourth-order valence-corrected chi connectivity index (χ4v) is 2.85. The number of ether oxygens (including phenoxy) is 1. The first-order valence-corrected chi connectivity index (χ1v) is 7.15. The number of benzene rings is 1. The van der Waals surface area contributed by atoms with Crippen molar-refractivity contribution in [2.24, 2.45) is 5.73 Å². The zero-order valence-corrected chi connectivity index (χ0v) is 12.4. The number of piperidine rings is 1. The van der Waals surface area contributed by atoms with Crippen LogP contribution in [0, 0.1) is 0 Å². The third-order valence-corrected chi connectivity index (χ3v) is 3.79. The highest BCUT2D eigenvalue weighted by atomic mass is 79.9. The Bertz CT molecular complexity index is 467. The van der Waals surface area contributed by atoms with Crippen molar-refractivity contribution in [3.8, 4) is 5.75 Å². The van der Waals surface area contributed by atoms with Gasteiger partial charge in [0.25, 0.3) is 0 Å². The summed E-state index contributed by atoms with van der Waals surface area (Å²) in [6, 6.07) is 4.81. The number of likely N-dealkylation sites (tertiary alicyclic amines) is 1. The van der Waals surface area contributed by atoms with Gasteiger partial charge in [0.2, 0.25) is 0 Å². The Balaban J connectivity index is 2.01. The fraction of sp³-hybridized carbons (Fsp3) is 0.538. The number of alkyl halides is 3. The van der Waals surface area contributed by atoms with Gasteiger partial charge in [0.15, 0.2) is 0 Å². The lowest BCUT2D eigenvalue weighted by atomic mass is 10.1. The number of halogens is 4. The van der Waals surface area contributed by atoms with E-state index in [9.17, 15) is 13.2 Å². The van der Waals surface area contributed by atoms with Gasteiger partial charge in [0, 0.05) is 19.1 Å². The van der Waals surface area contributed by atoms with Gasteiger partial charge in [0.1, 0.15) is 5.75 Å². The Morgan fingerprint density at radius 1 is 1.40 bits per heavy atom. The summed E-state index contributed by atoms with van der Waals surface area (Å²) in [4.78, 5) is 2.21. The average molecular weight is 353 g/mol. The number of rotatable bonds is 3. The smallest absolute Gasteiger partial charge is 0.405 e. The molecule has 1 aliphatic heterocycles. The molecular formula is C13H16BrF3N2O. The van der Waals surface area contributed by atoms with Crippen LogP contribution in [0.4, 0.5) is 13.2 Å². The molecule has 112 valence electrons. The average Bonchev–Trinajstić information content (AvgIpc) is 2.31. The molecule has 7 heteroatoms. The Kier molecular flexibility index (Phi) is 4.93. The monoisotopic (exact) mass is 352 g/mol. The zero-order chi connectivity index (χ0) is 14.8. The minimum Gasteiger partial charge on any atom is -0.405 e. The summed E-state index contributed by atoms with van der Waals surface area (Å²) >= 11 is 3.11. The largest absolute Gasteiger partial charge is 0.573 e. The topological polar surface area (TPSA) is 38.5 Å². The summed E-state index contributed by atoms with van der Waals surface area (Å²) in [5.41, 5.74) is 6.84. The van der Waals surface area contributed by atoms with Gasteiger partial charge in [0.05, 0.1) is 4.47 Å². The van der Waals surface area contributed by atoms with Crippen molar-refractivity contribution < 1.29 is 17.9 Å². The van der Waals surface area contributed by atoms with Crippen LogP contribution in [0.5, 0.6) is 5.75 Å². The molecular weight excluding hydrogens is 337 g/mol. The molecule has 0 aliphatic carbocycles. The first-order valence-electron chi connectivity index (χ1n) is 6.35. The van der Waals surface area contributed by atoms with E-state index >= 15 is 0 Å². The molecule has 3 nitrogen and oxygen atoms in total. The van der Waals surface area contributed by atoms with Gasteiger partial charge < -0.3 is 10.5 Å². The molecule has 1 atom stereocenters. The highest BCUT2D eigenvalue weighted by Crippen LogP contribution is 2.31. The van der Waals surface area contributed by atoms with Crippen molar-refractivity contribution in [1.29, 1.82) is 0 Å². The van der Waals surface area contributed by atoms with Crippen molar-refractivity contribution in [2.45, 2.75) is 31.8 Å². The van der Waals surface area contributed by atoms with E-state index in [4.69, 9.17) is 5.73 Å². The van der Waals surface area contributed by atoms with E-state index in [1.54, 1.807) is 12.1 Å². The van der Waals surface area contributed by atoms with Gasteiger partial charge in [-0.1, -0.05) is 6.07 Å². The van der Waals surface area contributed by atoms with E-state index in [0.29, 0.717) is 11.0 Å². The molecule has 0 aromatic heterocycles. The molecule has 2 N–H and O–H groups in total. The van der Waals surface area contributed by atoms with E-state index in [2.05, 4.69) is 25.6 Å². The third-order valence-electron chi connectivity index (χ3n) is 3.17. The predicted octanol–water partition coefficient (Wildman–Crippen LogP) is 3.27. The molecule has 0 radical (unpaired) electrons. The van der Waals surface area contributed by atoms with E-state index in [1.165, 1.54) is 6.07 Å². The zero-order valence-electron chi connectivity index (χ0n) is 10.8. The molecule has 0 bridgehead atoms. The van der Waals surface area contributed by atoms with Gasteiger partial charge in [-0.3, -0.25) is 4.90 Å². The van der Waals surface area contributed by atoms with E-state index in [1.807, 2.05) is 0 Å². The van der Waals surface area contributed by atoms with Crippen molar-refractivity contribution in [3.05, 3.63) is 28.2 Å². The van der Waals surface area contributed by atoms with Crippen molar-refractivity contribution in [3.63, 3.8) is 0 Å². The van der Waals surface area contributed by atoms with E-state index in [-0.39, 0.29) is 11.8 Å². The van der Waals surface area contributed by atoms with Crippen molar-refractivity contribution in [1.82, 2.24) is 4.90 Å². The van der Waals surface area contributed by atoms with Crippen LogP contribution in [0.2, 0.25) is 0 Å². The highest BCUT2D eigenvalue weighted by molar-refractivity contribution is 9.10. The van der Waals surface area contributed by atoms with Crippen LogP contribution in [-0.4, -0.2) is 30.4 Å². The van der Waals surface area contributed by atoms with Crippen LogP contribution < -0.4 is 10.5 Å². The first kappa shape index (κ1) is 15.6. The molecule has 0 spiro atoms. The fourth-order valence-electron chi connectivity index (χ4n) is 2.34. The maximum atomic E-state index is 12.2. The lowest BCUT2D eigenvalue weighted by molar-refractivity contribution is -0.274. The van der Waals surface area contributed by atoms with Gasteiger partial charge in [-0.2, -0.15) is 0 Å². The van der Waals surface area contributed by atoms with Crippen LogP contribution in [0.3, 0.4) is 0 Å². The molecule has 2 rings (SSSR count). The summed E-state index contributed by atoms with van der Waals surface area (Å²) in [5.74, 6) is -0.225. The second-order valence-electron chi connectivity index (χ2n) is 4.95. The number of hydrogen-bond acceptors (Lipinski definition) is 3. The van der Waals surface area contributed by atoms with E-state index < -0.39 is 6.36 Å². The molecule has 1 saturated heterocycles. The second-order valence-corrected chi connectivity index (χ2v) is 5.80. The molecule has 1 unspecified atom stereocenters. The molecule has 0 amide bonds. The summed E-state index contributed by atoms with van der Waals surface area (Å²) in [6.07, 6.45) is -2.60. The normalized spacial score (nSPS) is 20.9. The summed E-state index contributed by atoms with van der Waals surface area (Å²) < 4.78 is 40.7. The van der Waals surface area contributed by atoms with Crippen molar-refractivity contribution >= 4 is 15.9 Å². The SMILES string of the molecule is NC1CCCN(Cc2ccc(OC(F)(F)F)c(Br)c2)C1. The Morgan fingerprint density at radius 2 is 2.15 bits per heavy atom.